The highest BCUT2D eigenvalue weighted by atomic mass is 16.5. The van der Waals surface area contributed by atoms with Crippen molar-refractivity contribution in [2.24, 2.45) is 0 Å². The molecule has 1 aromatic heterocycles. The van der Waals surface area contributed by atoms with Crippen molar-refractivity contribution in [3.63, 3.8) is 0 Å². The molecule has 0 spiro atoms. The van der Waals surface area contributed by atoms with Gasteiger partial charge in [-0.05, 0) is 26.1 Å². The Morgan fingerprint density at radius 2 is 2.43 bits per heavy atom. The number of hydrogen-bond acceptors (Lipinski definition) is 4. The Morgan fingerprint density at radius 3 is 2.93 bits per heavy atom. The Morgan fingerprint density at radius 1 is 1.64 bits per heavy atom. The molecule has 0 aliphatic rings. The van der Waals surface area contributed by atoms with Crippen molar-refractivity contribution in [3.05, 3.63) is 30.1 Å². The molecule has 0 radical (unpaired) electrons. The fourth-order valence-corrected chi connectivity index (χ4v) is 1.16. The van der Waals surface area contributed by atoms with E-state index in [2.05, 4.69) is 10.3 Å². The number of ether oxygens (including phenoxy) is 1. The smallest absolute Gasteiger partial charge is 0.329 e. The van der Waals surface area contributed by atoms with Crippen LogP contribution in [0.1, 0.15) is 18.7 Å². The van der Waals surface area contributed by atoms with E-state index in [1.165, 1.54) is 0 Å². The second-order valence-electron chi connectivity index (χ2n) is 2.73. The van der Waals surface area contributed by atoms with E-state index in [9.17, 15) is 4.79 Å². The van der Waals surface area contributed by atoms with Crippen molar-refractivity contribution in [2.45, 2.75) is 13.0 Å². The van der Waals surface area contributed by atoms with Crippen molar-refractivity contribution < 1.29 is 9.53 Å². The number of nitrogens with zero attached hydrogens (tertiary/aromatic N) is 1. The maximum atomic E-state index is 11.5. The standard InChI is InChI=1S/C10H14N2O2/c1-3-14-10(13)9(11-2)8-6-4-5-7-12-8/h4-7,9,11H,3H2,1-2H3. The van der Waals surface area contributed by atoms with E-state index in [0.29, 0.717) is 12.3 Å². The summed E-state index contributed by atoms with van der Waals surface area (Å²) < 4.78 is 4.91. The molecule has 0 amide bonds. The molecule has 1 atom stereocenters. The van der Waals surface area contributed by atoms with Crippen molar-refractivity contribution in [1.82, 2.24) is 10.3 Å². The minimum absolute atomic E-state index is 0.297. The van der Waals surface area contributed by atoms with Gasteiger partial charge in [-0.25, -0.2) is 4.79 Å². The Kier molecular flexibility index (Phi) is 4.07. The van der Waals surface area contributed by atoms with Gasteiger partial charge in [-0.3, -0.25) is 4.98 Å². The van der Waals surface area contributed by atoms with E-state index in [-0.39, 0.29) is 5.97 Å². The Bertz CT molecular complexity index is 287. The largest absolute Gasteiger partial charge is 0.465 e. The summed E-state index contributed by atoms with van der Waals surface area (Å²) in [5, 5.41) is 2.87. The van der Waals surface area contributed by atoms with E-state index >= 15 is 0 Å². The van der Waals surface area contributed by atoms with Crippen molar-refractivity contribution in [2.75, 3.05) is 13.7 Å². The zero-order chi connectivity index (χ0) is 10.4. The van der Waals surface area contributed by atoms with Crippen molar-refractivity contribution in [1.29, 1.82) is 0 Å². The minimum Gasteiger partial charge on any atom is -0.465 e. The van der Waals surface area contributed by atoms with Gasteiger partial charge in [0, 0.05) is 6.20 Å². The first-order valence-electron chi connectivity index (χ1n) is 4.54. The highest BCUT2D eigenvalue weighted by molar-refractivity contribution is 5.76. The molecule has 0 saturated carbocycles. The predicted octanol–water partition coefficient (Wildman–Crippen LogP) is 0.905. The summed E-state index contributed by atoms with van der Waals surface area (Å²) in [6.45, 7) is 2.16. The van der Waals surface area contributed by atoms with Crippen LogP contribution < -0.4 is 5.32 Å². The van der Waals surface area contributed by atoms with Crippen LogP contribution in [0.4, 0.5) is 0 Å². The molecular weight excluding hydrogens is 180 g/mol. The van der Waals surface area contributed by atoms with Gasteiger partial charge in [-0.1, -0.05) is 6.07 Å². The van der Waals surface area contributed by atoms with Gasteiger partial charge in [0.1, 0.15) is 6.04 Å². The maximum absolute atomic E-state index is 11.5. The van der Waals surface area contributed by atoms with Crippen LogP contribution in [-0.4, -0.2) is 24.6 Å². The van der Waals surface area contributed by atoms with Crippen LogP contribution in [0.15, 0.2) is 24.4 Å². The van der Waals surface area contributed by atoms with E-state index in [1.807, 2.05) is 6.07 Å². The van der Waals surface area contributed by atoms with Crippen LogP contribution in [0.5, 0.6) is 0 Å². The molecule has 0 aromatic carbocycles. The summed E-state index contributed by atoms with van der Waals surface area (Å²) >= 11 is 0. The highest BCUT2D eigenvalue weighted by Crippen LogP contribution is 2.10. The molecule has 1 heterocycles. The Labute approximate surface area is 83.3 Å². The molecule has 1 N–H and O–H groups in total. The van der Waals surface area contributed by atoms with E-state index in [4.69, 9.17) is 4.74 Å². The molecule has 1 rings (SSSR count). The molecule has 14 heavy (non-hydrogen) atoms. The molecule has 4 heteroatoms. The number of likely N-dealkylation sites (N-methyl/N-ethyl adjacent to an activating group) is 1. The topological polar surface area (TPSA) is 51.2 Å². The molecule has 4 nitrogen and oxygen atoms in total. The van der Waals surface area contributed by atoms with Crippen molar-refractivity contribution in [3.8, 4) is 0 Å². The summed E-state index contributed by atoms with van der Waals surface area (Å²) in [6, 6.07) is 4.96. The van der Waals surface area contributed by atoms with Gasteiger partial charge in [0.25, 0.3) is 0 Å². The minimum atomic E-state index is -0.476. The number of esters is 1. The molecule has 0 aliphatic heterocycles. The van der Waals surface area contributed by atoms with Gasteiger partial charge in [0.2, 0.25) is 0 Å². The highest BCUT2D eigenvalue weighted by Gasteiger charge is 2.20. The molecule has 0 bridgehead atoms. The number of nitrogens with one attached hydrogen (secondary N) is 1. The number of hydrogen-bond donors (Lipinski definition) is 1. The average Bonchev–Trinajstić information content (AvgIpc) is 2.21. The number of pyridine rings is 1. The number of aromatic nitrogens is 1. The lowest BCUT2D eigenvalue weighted by Gasteiger charge is -2.13. The SMILES string of the molecule is CCOC(=O)C(NC)c1ccccn1. The third kappa shape index (κ3) is 2.53. The molecule has 0 aliphatic carbocycles. The van der Waals surface area contributed by atoms with Crippen molar-refractivity contribution >= 4 is 5.97 Å². The first-order valence-corrected chi connectivity index (χ1v) is 4.54. The van der Waals surface area contributed by atoms with Gasteiger partial charge in [-0.2, -0.15) is 0 Å². The monoisotopic (exact) mass is 194 g/mol. The third-order valence-corrected chi connectivity index (χ3v) is 1.79. The van der Waals surface area contributed by atoms with Gasteiger partial charge >= 0.3 is 5.97 Å². The quantitative estimate of drug-likeness (QED) is 0.724. The van der Waals surface area contributed by atoms with Gasteiger partial charge in [0.15, 0.2) is 0 Å². The predicted molar refractivity (Wildman–Crippen MR) is 52.7 cm³/mol. The van der Waals surface area contributed by atoms with Crippen LogP contribution in [0.3, 0.4) is 0 Å². The summed E-state index contributed by atoms with van der Waals surface area (Å²) in [6.07, 6.45) is 1.65. The Hall–Kier alpha value is -1.42. The Balaban J connectivity index is 2.77. The van der Waals surface area contributed by atoms with E-state index in [0.717, 1.165) is 0 Å². The molecule has 0 fully saturated rings. The van der Waals surface area contributed by atoms with Crippen LogP contribution in [-0.2, 0) is 9.53 Å². The number of carbonyl (C=O) groups excluding carboxylic acids is 1. The lowest BCUT2D eigenvalue weighted by Crippen LogP contribution is -2.28. The molecule has 0 saturated heterocycles. The fraction of sp³-hybridized carbons (Fsp3) is 0.400. The number of rotatable bonds is 4. The maximum Gasteiger partial charge on any atom is 0.329 e. The van der Waals surface area contributed by atoms with Crippen LogP contribution in [0.2, 0.25) is 0 Å². The molecule has 1 aromatic rings. The van der Waals surface area contributed by atoms with Crippen LogP contribution in [0, 0.1) is 0 Å². The molecular formula is C10H14N2O2. The van der Waals surface area contributed by atoms with Crippen LogP contribution in [0.25, 0.3) is 0 Å². The van der Waals surface area contributed by atoms with Gasteiger partial charge < -0.3 is 10.1 Å². The average molecular weight is 194 g/mol. The summed E-state index contributed by atoms with van der Waals surface area (Å²) in [5.41, 5.74) is 0.674. The lowest BCUT2D eigenvalue weighted by atomic mass is 10.2. The lowest BCUT2D eigenvalue weighted by molar-refractivity contribution is -0.145. The van der Waals surface area contributed by atoms with Gasteiger partial charge in [0.05, 0.1) is 12.3 Å². The third-order valence-electron chi connectivity index (χ3n) is 1.79. The van der Waals surface area contributed by atoms with Crippen LogP contribution >= 0.6 is 0 Å². The van der Waals surface area contributed by atoms with E-state index < -0.39 is 6.04 Å². The normalized spacial score (nSPS) is 12.1. The second kappa shape index (κ2) is 5.34. The zero-order valence-electron chi connectivity index (χ0n) is 8.36. The first-order chi connectivity index (χ1) is 6.79. The summed E-state index contributed by atoms with van der Waals surface area (Å²) in [4.78, 5) is 15.5. The van der Waals surface area contributed by atoms with Gasteiger partial charge in [-0.15, -0.1) is 0 Å². The molecule has 76 valence electrons. The number of carbonyl (C=O) groups is 1. The second-order valence-corrected chi connectivity index (χ2v) is 2.73. The summed E-state index contributed by atoms with van der Waals surface area (Å²) in [5.74, 6) is -0.297. The molecule has 1 unspecified atom stereocenters. The van der Waals surface area contributed by atoms with E-state index in [1.54, 1.807) is 32.3 Å². The summed E-state index contributed by atoms with van der Waals surface area (Å²) in [7, 11) is 1.70. The zero-order valence-corrected chi connectivity index (χ0v) is 8.36. The fourth-order valence-electron chi connectivity index (χ4n) is 1.16. The first kappa shape index (κ1) is 10.7.